The maximum absolute atomic E-state index is 13.2. The quantitative estimate of drug-likeness (QED) is 0.757. The van der Waals surface area contributed by atoms with E-state index >= 15 is 0 Å². The molecule has 6 nitrogen and oxygen atoms in total. The van der Waals surface area contributed by atoms with E-state index in [1.807, 2.05) is 41.7 Å². The standard InChI is InChI=1S/C19H21N5OS/c1-23-15(10-14(22-23)16-4-2-9-26-16)18(25)24-8-3-6-19(12-24)7-5-13-11-20-21-17(13)19/h2,4,9-11H,3,5-8,12H2,1H3,(H,20,21). The van der Waals surface area contributed by atoms with Crippen molar-refractivity contribution in [3.63, 3.8) is 0 Å². The van der Waals surface area contributed by atoms with Crippen molar-refractivity contribution < 1.29 is 4.79 Å². The minimum absolute atomic E-state index is 0.0505. The van der Waals surface area contributed by atoms with Crippen molar-refractivity contribution in [2.24, 2.45) is 7.05 Å². The number of nitrogens with one attached hydrogen (secondary N) is 1. The maximum Gasteiger partial charge on any atom is 0.272 e. The Morgan fingerprint density at radius 1 is 1.38 bits per heavy atom. The predicted octanol–water partition coefficient (Wildman–Crippen LogP) is 2.99. The highest BCUT2D eigenvalue weighted by Crippen LogP contribution is 2.44. The number of aromatic nitrogens is 4. The summed E-state index contributed by atoms with van der Waals surface area (Å²) in [5, 5.41) is 14.0. The molecule has 2 aliphatic rings. The van der Waals surface area contributed by atoms with Crippen molar-refractivity contribution in [3.8, 4) is 10.6 Å². The van der Waals surface area contributed by atoms with Gasteiger partial charge in [-0.3, -0.25) is 14.6 Å². The molecule has 1 saturated heterocycles. The lowest BCUT2D eigenvalue weighted by molar-refractivity contribution is 0.0622. The third-order valence-electron chi connectivity index (χ3n) is 5.86. The molecule has 1 amide bonds. The molecular formula is C19H21N5OS. The number of nitrogens with zero attached hydrogens (tertiary/aromatic N) is 4. The van der Waals surface area contributed by atoms with Crippen LogP contribution in [0.5, 0.6) is 0 Å². The van der Waals surface area contributed by atoms with Gasteiger partial charge in [0.25, 0.3) is 5.91 Å². The lowest BCUT2D eigenvalue weighted by Gasteiger charge is -2.40. The summed E-state index contributed by atoms with van der Waals surface area (Å²) in [5.41, 5.74) is 4.15. The summed E-state index contributed by atoms with van der Waals surface area (Å²) in [7, 11) is 1.85. The number of aromatic amines is 1. The minimum atomic E-state index is 0.0505. The van der Waals surface area contributed by atoms with Crippen molar-refractivity contribution in [2.75, 3.05) is 13.1 Å². The average molecular weight is 367 g/mol. The largest absolute Gasteiger partial charge is 0.336 e. The zero-order valence-corrected chi connectivity index (χ0v) is 15.6. The van der Waals surface area contributed by atoms with Gasteiger partial charge in [0, 0.05) is 31.2 Å². The number of rotatable bonds is 2. The number of thiophene rings is 1. The Morgan fingerprint density at radius 2 is 2.31 bits per heavy atom. The molecule has 1 aliphatic carbocycles. The fraction of sp³-hybridized carbons (Fsp3) is 0.421. The summed E-state index contributed by atoms with van der Waals surface area (Å²) in [6.45, 7) is 1.57. The van der Waals surface area contributed by atoms with Crippen LogP contribution in [0, 0.1) is 0 Å². The molecule has 7 heteroatoms. The van der Waals surface area contributed by atoms with Crippen LogP contribution in [0.15, 0.2) is 29.8 Å². The van der Waals surface area contributed by atoms with Crippen molar-refractivity contribution in [3.05, 3.63) is 46.7 Å². The third-order valence-corrected chi connectivity index (χ3v) is 6.75. The van der Waals surface area contributed by atoms with E-state index in [1.165, 1.54) is 11.3 Å². The van der Waals surface area contributed by atoms with Crippen LogP contribution >= 0.6 is 11.3 Å². The SMILES string of the molecule is Cn1nc(-c2cccs2)cc1C(=O)N1CCCC2(CCc3cn[nH]c32)C1. The van der Waals surface area contributed by atoms with E-state index in [4.69, 9.17) is 0 Å². The van der Waals surface area contributed by atoms with Gasteiger partial charge in [0.2, 0.25) is 0 Å². The number of carbonyl (C=O) groups is 1. The average Bonchev–Trinajstić information content (AvgIpc) is 3.41. The maximum atomic E-state index is 13.2. The Kier molecular flexibility index (Phi) is 3.53. The molecule has 1 N–H and O–H groups in total. The van der Waals surface area contributed by atoms with Crippen LogP contribution in [-0.2, 0) is 18.9 Å². The molecule has 134 valence electrons. The van der Waals surface area contributed by atoms with Gasteiger partial charge in [0.15, 0.2) is 0 Å². The lowest BCUT2D eigenvalue weighted by Crippen LogP contribution is -2.48. The molecule has 1 atom stereocenters. The van der Waals surface area contributed by atoms with E-state index in [0.717, 1.165) is 49.3 Å². The van der Waals surface area contributed by atoms with Gasteiger partial charge in [0.1, 0.15) is 11.4 Å². The van der Waals surface area contributed by atoms with Gasteiger partial charge in [-0.05, 0) is 48.8 Å². The molecule has 1 aliphatic heterocycles. The molecule has 1 spiro atoms. The number of fused-ring (bicyclic) bond motifs is 2. The molecule has 0 saturated carbocycles. The Hall–Kier alpha value is -2.41. The molecule has 3 aromatic heterocycles. The number of hydrogen-bond acceptors (Lipinski definition) is 4. The number of carbonyl (C=O) groups excluding carboxylic acids is 1. The summed E-state index contributed by atoms with van der Waals surface area (Å²) in [4.78, 5) is 16.3. The Bertz CT molecular complexity index is 957. The van der Waals surface area contributed by atoms with Crippen LogP contribution in [0.2, 0.25) is 0 Å². The fourth-order valence-electron chi connectivity index (χ4n) is 4.55. The van der Waals surface area contributed by atoms with Gasteiger partial charge in [-0.15, -0.1) is 11.3 Å². The van der Waals surface area contributed by atoms with Crippen molar-refractivity contribution in [1.29, 1.82) is 0 Å². The number of amides is 1. The summed E-state index contributed by atoms with van der Waals surface area (Å²) in [5.74, 6) is 0.0786. The first kappa shape index (κ1) is 15.8. The number of piperidine rings is 1. The Morgan fingerprint density at radius 3 is 3.15 bits per heavy atom. The smallest absolute Gasteiger partial charge is 0.272 e. The van der Waals surface area contributed by atoms with Crippen LogP contribution in [0.3, 0.4) is 0 Å². The summed E-state index contributed by atoms with van der Waals surface area (Å²) >= 11 is 1.64. The molecule has 26 heavy (non-hydrogen) atoms. The number of H-pyrrole nitrogens is 1. The molecular weight excluding hydrogens is 346 g/mol. The van der Waals surface area contributed by atoms with Crippen LogP contribution in [0.25, 0.3) is 10.6 Å². The van der Waals surface area contributed by atoms with Crippen LogP contribution in [-0.4, -0.2) is 43.9 Å². The van der Waals surface area contributed by atoms with Gasteiger partial charge in [-0.2, -0.15) is 10.2 Å². The molecule has 0 aromatic carbocycles. The van der Waals surface area contributed by atoms with Crippen molar-refractivity contribution in [2.45, 2.75) is 31.1 Å². The Labute approximate surface area is 155 Å². The number of aryl methyl sites for hydroxylation is 2. The zero-order valence-electron chi connectivity index (χ0n) is 14.7. The van der Waals surface area contributed by atoms with Gasteiger partial charge in [0.05, 0.1) is 11.1 Å². The minimum Gasteiger partial charge on any atom is -0.336 e. The summed E-state index contributed by atoms with van der Waals surface area (Å²) < 4.78 is 1.72. The van der Waals surface area contributed by atoms with Gasteiger partial charge in [-0.25, -0.2) is 0 Å². The van der Waals surface area contributed by atoms with E-state index in [0.29, 0.717) is 5.69 Å². The van der Waals surface area contributed by atoms with E-state index in [2.05, 4.69) is 15.3 Å². The molecule has 0 bridgehead atoms. The van der Waals surface area contributed by atoms with Crippen LogP contribution in [0.4, 0.5) is 0 Å². The molecule has 5 rings (SSSR count). The first-order valence-electron chi connectivity index (χ1n) is 9.06. The first-order chi connectivity index (χ1) is 12.7. The highest BCUT2D eigenvalue weighted by atomic mass is 32.1. The van der Waals surface area contributed by atoms with Gasteiger partial charge < -0.3 is 4.90 Å². The fourth-order valence-corrected chi connectivity index (χ4v) is 5.23. The van der Waals surface area contributed by atoms with Crippen molar-refractivity contribution in [1.82, 2.24) is 24.9 Å². The number of likely N-dealkylation sites (tertiary alicyclic amines) is 1. The molecule has 3 aromatic rings. The van der Waals surface area contributed by atoms with Crippen LogP contribution in [0.1, 0.15) is 41.0 Å². The van der Waals surface area contributed by atoms with Crippen LogP contribution < -0.4 is 0 Å². The molecule has 0 radical (unpaired) electrons. The second-order valence-corrected chi connectivity index (χ2v) is 8.34. The summed E-state index contributed by atoms with van der Waals surface area (Å²) in [6, 6.07) is 5.97. The molecule has 4 heterocycles. The number of hydrogen-bond donors (Lipinski definition) is 1. The van der Waals surface area contributed by atoms with Gasteiger partial charge in [-0.1, -0.05) is 6.07 Å². The molecule has 1 fully saturated rings. The summed E-state index contributed by atoms with van der Waals surface area (Å²) in [6.07, 6.45) is 6.26. The zero-order chi connectivity index (χ0) is 17.7. The van der Waals surface area contributed by atoms with E-state index in [9.17, 15) is 4.79 Å². The monoisotopic (exact) mass is 367 g/mol. The lowest BCUT2D eigenvalue weighted by atomic mass is 9.77. The second kappa shape index (κ2) is 5.81. The topological polar surface area (TPSA) is 66.8 Å². The van der Waals surface area contributed by atoms with E-state index < -0.39 is 0 Å². The Balaban J connectivity index is 1.43. The highest BCUT2D eigenvalue weighted by Gasteiger charge is 2.44. The highest BCUT2D eigenvalue weighted by molar-refractivity contribution is 7.13. The van der Waals surface area contributed by atoms with E-state index in [-0.39, 0.29) is 11.3 Å². The molecule has 1 unspecified atom stereocenters. The second-order valence-electron chi connectivity index (χ2n) is 7.40. The third kappa shape index (κ3) is 2.34. The first-order valence-corrected chi connectivity index (χ1v) is 9.94. The normalized spacial score (nSPS) is 22.1. The van der Waals surface area contributed by atoms with Gasteiger partial charge >= 0.3 is 0 Å². The van der Waals surface area contributed by atoms with Crippen molar-refractivity contribution >= 4 is 17.2 Å². The van der Waals surface area contributed by atoms with E-state index in [1.54, 1.807) is 16.0 Å². The predicted molar refractivity (Wildman–Crippen MR) is 100 cm³/mol.